The van der Waals surface area contributed by atoms with Crippen LogP contribution < -0.4 is 9.64 Å². The van der Waals surface area contributed by atoms with Gasteiger partial charge in [-0.25, -0.2) is 13.8 Å². The fourth-order valence-electron chi connectivity index (χ4n) is 5.62. The van der Waals surface area contributed by atoms with Gasteiger partial charge in [0.05, 0.1) is 11.3 Å². The van der Waals surface area contributed by atoms with Gasteiger partial charge in [0.2, 0.25) is 5.82 Å². The number of benzene rings is 2. The van der Waals surface area contributed by atoms with E-state index in [0.717, 1.165) is 54.1 Å². The molecule has 0 unspecified atom stereocenters. The van der Waals surface area contributed by atoms with Crippen LogP contribution >= 0.6 is 0 Å². The summed E-state index contributed by atoms with van der Waals surface area (Å²) in [5, 5.41) is 0. The smallest absolute Gasteiger partial charge is 0.416 e. The van der Waals surface area contributed by atoms with Gasteiger partial charge in [-0.2, -0.15) is 22.5 Å². The van der Waals surface area contributed by atoms with Gasteiger partial charge in [-0.05, 0) is 100 Å². The van der Waals surface area contributed by atoms with Gasteiger partial charge in [0.15, 0.2) is 11.6 Å². The molecular weight excluding hydrogens is 580 g/mol. The number of nitrogens with zero attached hydrogens (tertiary/aromatic N) is 3. The zero-order valence-electron chi connectivity index (χ0n) is 24.8. The maximum Gasteiger partial charge on any atom is 0.416 e. The number of hydrogen-bond donors (Lipinski definition) is 0. The number of ether oxygens (including phenoxy) is 1. The minimum Gasteiger partial charge on any atom is -0.433 e. The maximum absolute atomic E-state index is 15.4. The highest BCUT2D eigenvalue weighted by molar-refractivity contribution is 5.61. The zero-order valence-corrected chi connectivity index (χ0v) is 24.8. The first-order valence-electron chi connectivity index (χ1n) is 14.6. The van der Waals surface area contributed by atoms with E-state index in [0.29, 0.717) is 30.5 Å². The van der Waals surface area contributed by atoms with E-state index in [1.54, 1.807) is 17.0 Å². The fraction of sp³-hybridized carbons (Fsp3) is 0.353. The number of hydrogen-bond acceptors (Lipinski definition) is 4. The molecule has 5 rings (SSSR count). The number of halogens is 6. The first-order chi connectivity index (χ1) is 20.9. The van der Waals surface area contributed by atoms with E-state index >= 15 is 8.78 Å². The summed E-state index contributed by atoms with van der Waals surface area (Å²) in [7, 11) is 0. The van der Waals surface area contributed by atoms with E-state index in [9.17, 15) is 17.6 Å². The van der Waals surface area contributed by atoms with Crippen LogP contribution in [0.5, 0.6) is 11.6 Å². The molecular formula is C34H33F6N3O. The monoisotopic (exact) mass is 613 g/mol. The van der Waals surface area contributed by atoms with Crippen LogP contribution in [0.25, 0.3) is 6.08 Å². The lowest BCUT2D eigenvalue weighted by molar-refractivity contribution is -0.137. The predicted molar refractivity (Wildman–Crippen MR) is 158 cm³/mol. The molecule has 0 N–H and O–H groups in total. The van der Waals surface area contributed by atoms with Crippen molar-refractivity contribution in [1.82, 2.24) is 9.97 Å². The Labute approximate surface area is 252 Å². The molecule has 0 fully saturated rings. The highest BCUT2D eigenvalue weighted by Gasteiger charge is 2.32. The molecule has 2 aliphatic rings. The predicted octanol–water partition coefficient (Wildman–Crippen LogP) is 10.0. The normalized spacial score (nSPS) is 15.3. The van der Waals surface area contributed by atoms with Crippen molar-refractivity contribution in [2.75, 3.05) is 4.90 Å². The Bertz CT molecular complexity index is 1660. The van der Waals surface area contributed by atoms with Gasteiger partial charge in [-0.3, -0.25) is 0 Å². The first kappa shape index (κ1) is 31.3. The second-order valence-corrected chi connectivity index (χ2v) is 11.4. The summed E-state index contributed by atoms with van der Waals surface area (Å²) in [5.41, 5.74) is 3.41. The first-order valence-corrected chi connectivity index (χ1v) is 14.6. The highest BCUT2D eigenvalue weighted by Crippen LogP contribution is 2.37. The molecule has 44 heavy (non-hydrogen) atoms. The van der Waals surface area contributed by atoms with Crippen LogP contribution in [0, 0.1) is 17.5 Å². The third-order valence-corrected chi connectivity index (χ3v) is 7.87. The molecule has 3 aromatic rings. The van der Waals surface area contributed by atoms with Gasteiger partial charge < -0.3 is 9.64 Å². The SMILES string of the molecule is CCC1=CN(c2cc(CCCc3ncnc(Oc4cc(F)c5c(c4F)C=C(C)CCC5)c3F)cc(C(F)(F)F)c2)C=C(C)C1. The van der Waals surface area contributed by atoms with Crippen molar-refractivity contribution in [3.63, 3.8) is 0 Å². The van der Waals surface area contributed by atoms with Crippen molar-refractivity contribution in [2.45, 2.75) is 78.3 Å². The van der Waals surface area contributed by atoms with Crippen molar-refractivity contribution in [1.29, 1.82) is 0 Å². The number of fused-ring (bicyclic) bond motifs is 1. The second-order valence-electron chi connectivity index (χ2n) is 11.4. The topological polar surface area (TPSA) is 38.2 Å². The van der Waals surface area contributed by atoms with Gasteiger partial charge in [-0.1, -0.05) is 24.1 Å². The Balaban J connectivity index is 1.35. The number of anilines is 1. The Hall–Kier alpha value is -4.08. The summed E-state index contributed by atoms with van der Waals surface area (Å²) in [6.07, 6.45) is 5.65. The molecule has 0 bridgehead atoms. The minimum absolute atomic E-state index is 0.0429. The van der Waals surface area contributed by atoms with E-state index in [-0.39, 0.29) is 36.1 Å². The van der Waals surface area contributed by atoms with Crippen molar-refractivity contribution >= 4 is 11.8 Å². The van der Waals surface area contributed by atoms with E-state index < -0.39 is 40.8 Å². The lowest BCUT2D eigenvalue weighted by atomic mass is 10.00. The van der Waals surface area contributed by atoms with Crippen LogP contribution in [0.1, 0.15) is 80.8 Å². The standard InChI is InChI=1S/C34H33F6N3O/c1-4-22-11-21(3)17-43(18-22)25-14-23(13-24(15-25)34(38,39)40)8-6-10-29-32(37)33(42-19-41-29)44-30-16-28(35)26-9-5-7-20(2)12-27(26)31(30)36/h12-19H,4-11H2,1-3H3. The molecule has 0 saturated carbocycles. The minimum atomic E-state index is -4.54. The molecule has 10 heteroatoms. The van der Waals surface area contributed by atoms with Gasteiger partial charge in [-0.15, -0.1) is 0 Å². The van der Waals surface area contributed by atoms with Crippen LogP contribution in [0.4, 0.5) is 32.0 Å². The summed E-state index contributed by atoms with van der Waals surface area (Å²) in [6, 6.07) is 4.82. The van der Waals surface area contributed by atoms with Crippen LogP contribution in [-0.2, 0) is 25.4 Å². The van der Waals surface area contributed by atoms with Crippen molar-refractivity contribution in [3.05, 3.63) is 105 Å². The summed E-state index contributed by atoms with van der Waals surface area (Å²) in [6.45, 7) is 5.78. The van der Waals surface area contributed by atoms with Gasteiger partial charge >= 0.3 is 6.18 Å². The number of allylic oxidation sites excluding steroid dienone is 3. The summed E-state index contributed by atoms with van der Waals surface area (Å²) < 4.78 is 92.4. The molecule has 0 radical (unpaired) electrons. The van der Waals surface area contributed by atoms with Gasteiger partial charge in [0.25, 0.3) is 5.88 Å². The largest absolute Gasteiger partial charge is 0.433 e. The Morgan fingerprint density at radius 2 is 1.70 bits per heavy atom. The van der Waals surface area contributed by atoms with Crippen LogP contribution in [0.2, 0.25) is 0 Å². The van der Waals surface area contributed by atoms with Crippen molar-refractivity contribution < 1.29 is 31.1 Å². The molecule has 0 atom stereocenters. The van der Waals surface area contributed by atoms with E-state index in [1.165, 1.54) is 0 Å². The lowest BCUT2D eigenvalue weighted by Crippen LogP contribution is -2.15. The third-order valence-electron chi connectivity index (χ3n) is 7.87. The Kier molecular flexibility index (Phi) is 9.18. The van der Waals surface area contributed by atoms with E-state index in [2.05, 4.69) is 9.97 Å². The Morgan fingerprint density at radius 3 is 2.45 bits per heavy atom. The molecule has 1 aliphatic heterocycles. The average molecular weight is 614 g/mol. The molecule has 2 heterocycles. The average Bonchev–Trinajstić information content (AvgIpc) is 3.18. The molecule has 0 amide bonds. The number of alkyl halides is 3. The summed E-state index contributed by atoms with van der Waals surface area (Å²) in [4.78, 5) is 9.47. The second kappa shape index (κ2) is 12.9. The number of rotatable bonds is 8. The van der Waals surface area contributed by atoms with E-state index in [4.69, 9.17) is 4.74 Å². The summed E-state index contributed by atoms with van der Waals surface area (Å²) in [5.74, 6) is -3.44. The molecule has 1 aliphatic carbocycles. The van der Waals surface area contributed by atoms with Crippen LogP contribution in [0.15, 0.2) is 59.7 Å². The molecule has 0 saturated heterocycles. The Morgan fingerprint density at radius 1 is 0.909 bits per heavy atom. The third kappa shape index (κ3) is 7.00. The fourth-order valence-corrected chi connectivity index (χ4v) is 5.62. The van der Waals surface area contributed by atoms with Crippen molar-refractivity contribution in [3.8, 4) is 11.6 Å². The van der Waals surface area contributed by atoms with Gasteiger partial charge in [0, 0.05) is 29.7 Å². The molecule has 1 aromatic heterocycles. The quantitative estimate of drug-likeness (QED) is 0.237. The molecule has 4 nitrogen and oxygen atoms in total. The van der Waals surface area contributed by atoms with E-state index in [1.807, 2.05) is 33.2 Å². The molecule has 0 spiro atoms. The van der Waals surface area contributed by atoms with Crippen LogP contribution in [0.3, 0.4) is 0 Å². The van der Waals surface area contributed by atoms with Crippen molar-refractivity contribution in [2.24, 2.45) is 0 Å². The highest BCUT2D eigenvalue weighted by atomic mass is 19.4. The summed E-state index contributed by atoms with van der Waals surface area (Å²) >= 11 is 0. The van der Waals surface area contributed by atoms with Gasteiger partial charge in [0.1, 0.15) is 12.1 Å². The lowest BCUT2D eigenvalue weighted by Gasteiger charge is -2.25. The van der Waals surface area contributed by atoms with Crippen LogP contribution in [-0.4, -0.2) is 9.97 Å². The molecule has 232 valence electrons. The number of aromatic nitrogens is 2. The maximum atomic E-state index is 15.4. The number of aryl methyl sites for hydroxylation is 2. The molecule has 2 aromatic carbocycles. The zero-order chi connectivity index (χ0) is 31.6.